The molecule has 4 rings (SSSR count). The summed E-state index contributed by atoms with van der Waals surface area (Å²) in [6.07, 6.45) is -0.234. The molecule has 37 heavy (non-hydrogen) atoms. The molecule has 0 bridgehead atoms. The molecule has 8 heteroatoms. The van der Waals surface area contributed by atoms with Crippen molar-refractivity contribution in [2.24, 2.45) is 0 Å². The Morgan fingerprint density at radius 2 is 1.54 bits per heavy atom. The number of aliphatic carboxylic acids is 1. The van der Waals surface area contributed by atoms with Crippen LogP contribution in [0, 0.1) is 0 Å². The molecule has 7 nitrogen and oxygen atoms in total. The minimum atomic E-state index is -0.991. The zero-order valence-electron chi connectivity index (χ0n) is 20.4. The third kappa shape index (κ3) is 8.16. The summed E-state index contributed by atoms with van der Waals surface area (Å²) in [5.74, 6) is -0.496. The van der Waals surface area contributed by atoms with E-state index >= 15 is 0 Å². The Bertz CT molecular complexity index is 1150. The van der Waals surface area contributed by atoms with Gasteiger partial charge in [0.25, 0.3) is 0 Å². The van der Waals surface area contributed by atoms with E-state index in [0.717, 1.165) is 34.4 Å². The highest BCUT2D eigenvalue weighted by molar-refractivity contribution is 7.99. The number of amides is 1. The number of benzene rings is 3. The van der Waals surface area contributed by atoms with E-state index in [2.05, 4.69) is 17.4 Å². The van der Waals surface area contributed by atoms with Crippen LogP contribution in [0.3, 0.4) is 0 Å². The maximum Gasteiger partial charge on any atom is 0.303 e. The minimum absolute atomic E-state index is 0.000241. The third-order valence-corrected chi connectivity index (χ3v) is 7.25. The van der Waals surface area contributed by atoms with Gasteiger partial charge in [0.15, 0.2) is 6.29 Å². The highest BCUT2D eigenvalue weighted by atomic mass is 32.2. The summed E-state index contributed by atoms with van der Waals surface area (Å²) in [7, 11) is 0. The molecular formula is C29H31NO6S. The number of nitrogens with one attached hydrogen (secondary N) is 1. The molecule has 1 amide bonds. The predicted molar refractivity (Wildman–Crippen MR) is 141 cm³/mol. The van der Waals surface area contributed by atoms with Crippen molar-refractivity contribution in [1.82, 2.24) is 5.32 Å². The predicted octanol–water partition coefficient (Wildman–Crippen LogP) is 5.00. The maximum atomic E-state index is 11.8. The number of aliphatic hydroxyl groups is 1. The number of hydrogen-bond donors (Lipinski definition) is 3. The number of carbonyl (C=O) groups is 2. The number of carbonyl (C=O) groups excluding carboxylic acids is 1. The van der Waals surface area contributed by atoms with Crippen LogP contribution in [0.25, 0.3) is 0 Å². The van der Waals surface area contributed by atoms with E-state index in [-0.39, 0.29) is 37.6 Å². The average Bonchev–Trinajstić information content (AvgIpc) is 2.94. The zero-order valence-corrected chi connectivity index (χ0v) is 21.2. The van der Waals surface area contributed by atoms with Crippen molar-refractivity contribution in [3.63, 3.8) is 0 Å². The quantitative estimate of drug-likeness (QED) is 0.305. The first kappa shape index (κ1) is 26.9. The highest BCUT2D eigenvalue weighted by Crippen LogP contribution is 2.39. The number of carboxylic acids is 1. The van der Waals surface area contributed by atoms with Gasteiger partial charge in [-0.25, -0.2) is 0 Å². The Kier molecular flexibility index (Phi) is 9.73. The van der Waals surface area contributed by atoms with Gasteiger partial charge in [-0.05, 0) is 28.8 Å². The van der Waals surface area contributed by atoms with Gasteiger partial charge >= 0.3 is 5.97 Å². The minimum Gasteiger partial charge on any atom is -0.481 e. The Hall–Kier alpha value is -3.17. The molecule has 1 fully saturated rings. The Morgan fingerprint density at radius 1 is 0.865 bits per heavy atom. The van der Waals surface area contributed by atoms with E-state index in [1.165, 1.54) is 4.90 Å². The molecule has 1 aliphatic heterocycles. The lowest BCUT2D eigenvalue weighted by molar-refractivity contribution is -0.245. The molecular weight excluding hydrogens is 490 g/mol. The van der Waals surface area contributed by atoms with Crippen molar-refractivity contribution < 1.29 is 29.3 Å². The van der Waals surface area contributed by atoms with Crippen LogP contribution in [-0.2, 0) is 32.2 Å². The Morgan fingerprint density at radius 3 is 2.22 bits per heavy atom. The van der Waals surface area contributed by atoms with E-state index in [0.29, 0.717) is 6.54 Å². The van der Waals surface area contributed by atoms with Crippen LogP contribution < -0.4 is 5.32 Å². The lowest BCUT2D eigenvalue weighted by atomic mass is 10.0. The number of aliphatic hydroxyl groups excluding tert-OH is 1. The lowest BCUT2D eigenvalue weighted by Crippen LogP contribution is -2.31. The van der Waals surface area contributed by atoms with Crippen LogP contribution in [0.1, 0.15) is 53.9 Å². The van der Waals surface area contributed by atoms with Gasteiger partial charge in [-0.2, -0.15) is 0 Å². The molecule has 194 valence electrons. The van der Waals surface area contributed by atoms with Gasteiger partial charge in [0, 0.05) is 35.6 Å². The summed E-state index contributed by atoms with van der Waals surface area (Å²) in [5, 5.41) is 20.8. The standard InChI is InChI=1S/C29H31NO6S/c31-18-21-8-10-22(11-9-21)26-16-24(19-37-25-4-2-1-3-5-25)35-29(36-26)23-12-6-20(7-13-23)17-30-27(32)14-15-28(33)34/h1-13,24,26,29,31H,14-19H2,(H,30,32)(H,33,34). The molecule has 0 saturated carbocycles. The monoisotopic (exact) mass is 521 g/mol. The van der Waals surface area contributed by atoms with Gasteiger partial charge in [-0.3, -0.25) is 9.59 Å². The van der Waals surface area contributed by atoms with E-state index in [1.807, 2.05) is 66.7 Å². The van der Waals surface area contributed by atoms with Crippen LogP contribution >= 0.6 is 11.8 Å². The first-order valence-electron chi connectivity index (χ1n) is 12.3. The molecule has 1 aliphatic rings. The summed E-state index contributed by atoms with van der Waals surface area (Å²) in [6.45, 7) is 0.321. The first-order valence-corrected chi connectivity index (χ1v) is 13.2. The molecule has 0 radical (unpaired) electrons. The number of ether oxygens (including phenoxy) is 2. The normalized spacial score (nSPS) is 19.3. The van der Waals surface area contributed by atoms with E-state index < -0.39 is 12.3 Å². The van der Waals surface area contributed by atoms with Gasteiger partial charge in [-0.15, -0.1) is 11.8 Å². The Balaban J connectivity index is 1.43. The van der Waals surface area contributed by atoms with Gasteiger partial charge in [0.2, 0.25) is 5.91 Å². The Labute approximate surface area is 220 Å². The molecule has 3 N–H and O–H groups in total. The summed E-state index contributed by atoms with van der Waals surface area (Å²) < 4.78 is 12.8. The average molecular weight is 522 g/mol. The molecule has 3 aromatic rings. The van der Waals surface area contributed by atoms with Crippen LogP contribution in [0.15, 0.2) is 83.8 Å². The van der Waals surface area contributed by atoms with Gasteiger partial charge in [-0.1, -0.05) is 66.7 Å². The zero-order chi connectivity index (χ0) is 26.0. The maximum absolute atomic E-state index is 11.8. The van der Waals surface area contributed by atoms with Gasteiger partial charge < -0.3 is 25.0 Å². The number of carboxylic acid groups (broad SMARTS) is 1. The van der Waals surface area contributed by atoms with Gasteiger partial charge in [0.1, 0.15) is 0 Å². The lowest BCUT2D eigenvalue weighted by Gasteiger charge is -2.36. The fourth-order valence-electron chi connectivity index (χ4n) is 4.03. The largest absolute Gasteiger partial charge is 0.481 e. The van der Waals surface area contributed by atoms with Crippen LogP contribution in [0.5, 0.6) is 0 Å². The third-order valence-electron chi connectivity index (χ3n) is 6.10. The number of hydrogen-bond acceptors (Lipinski definition) is 6. The molecule has 3 aromatic carbocycles. The van der Waals surface area contributed by atoms with E-state index in [4.69, 9.17) is 14.6 Å². The summed E-state index contributed by atoms with van der Waals surface area (Å²) in [6, 6.07) is 25.7. The summed E-state index contributed by atoms with van der Waals surface area (Å²) in [5.41, 5.74) is 3.68. The van der Waals surface area contributed by atoms with Crippen LogP contribution in [-0.4, -0.2) is 33.9 Å². The second-order valence-corrected chi connectivity index (χ2v) is 9.98. The molecule has 3 atom stereocenters. The second kappa shape index (κ2) is 13.4. The van der Waals surface area contributed by atoms with Crippen molar-refractivity contribution in [1.29, 1.82) is 0 Å². The van der Waals surface area contributed by atoms with Crippen molar-refractivity contribution in [3.8, 4) is 0 Å². The highest BCUT2D eigenvalue weighted by Gasteiger charge is 2.32. The van der Waals surface area contributed by atoms with Crippen molar-refractivity contribution in [2.45, 2.75) is 55.8 Å². The SMILES string of the molecule is O=C(O)CCC(=O)NCc1ccc(C2OC(CSc3ccccc3)CC(c3ccc(CO)cc3)O2)cc1. The molecule has 1 saturated heterocycles. The summed E-state index contributed by atoms with van der Waals surface area (Å²) in [4.78, 5) is 23.6. The van der Waals surface area contributed by atoms with E-state index in [1.54, 1.807) is 11.8 Å². The van der Waals surface area contributed by atoms with E-state index in [9.17, 15) is 14.7 Å². The molecule has 1 heterocycles. The van der Waals surface area contributed by atoms with Crippen LogP contribution in [0.4, 0.5) is 0 Å². The molecule has 0 aromatic heterocycles. The topological polar surface area (TPSA) is 105 Å². The van der Waals surface area contributed by atoms with Crippen LogP contribution in [0.2, 0.25) is 0 Å². The smallest absolute Gasteiger partial charge is 0.303 e. The van der Waals surface area contributed by atoms with Crippen molar-refractivity contribution in [2.75, 3.05) is 5.75 Å². The molecule has 0 aliphatic carbocycles. The first-order chi connectivity index (χ1) is 18.0. The molecule has 0 spiro atoms. The van der Waals surface area contributed by atoms with Crippen molar-refractivity contribution in [3.05, 3.63) is 101 Å². The fourth-order valence-corrected chi connectivity index (χ4v) is 4.97. The van der Waals surface area contributed by atoms with Crippen molar-refractivity contribution >= 4 is 23.6 Å². The second-order valence-electron chi connectivity index (χ2n) is 8.89. The number of thioether (sulfide) groups is 1. The summed E-state index contributed by atoms with van der Waals surface area (Å²) >= 11 is 1.75. The number of rotatable bonds is 11. The van der Waals surface area contributed by atoms with Gasteiger partial charge in [0.05, 0.1) is 25.2 Å². The fraction of sp³-hybridized carbons (Fsp3) is 0.310. The molecule has 3 unspecified atom stereocenters.